The van der Waals surface area contributed by atoms with Gasteiger partial charge in [0.2, 0.25) is 5.91 Å². The highest BCUT2D eigenvalue weighted by Crippen LogP contribution is 2.25. The maximum Gasteiger partial charge on any atom is 0.269 e. The molecule has 0 unspecified atom stereocenters. The fourth-order valence-corrected chi connectivity index (χ4v) is 3.78. The van der Waals surface area contributed by atoms with Gasteiger partial charge in [-0.25, -0.2) is 4.39 Å². The Kier molecular flexibility index (Phi) is 7.66. The van der Waals surface area contributed by atoms with Gasteiger partial charge in [-0.15, -0.1) is 10.2 Å². The summed E-state index contributed by atoms with van der Waals surface area (Å²) in [7, 11) is 0. The molecule has 1 N–H and O–H groups in total. The summed E-state index contributed by atoms with van der Waals surface area (Å²) in [5.74, 6) is -0.345. The average Bonchev–Trinajstić information content (AvgIpc) is 3.17. The molecule has 1 aromatic heterocycles. The molecule has 9 nitrogen and oxygen atoms in total. The Morgan fingerprint density at radius 3 is 2.53 bits per heavy atom. The van der Waals surface area contributed by atoms with Crippen LogP contribution in [0.4, 0.5) is 10.1 Å². The quantitative estimate of drug-likeness (QED) is 0.163. The highest BCUT2D eigenvalue weighted by Gasteiger charge is 2.19. The molecule has 0 saturated carbocycles. The number of carbonyl (C=O) groups excluding carboxylic acids is 2. The molecule has 166 valence electrons. The van der Waals surface area contributed by atoms with Gasteiger partial charge in [-0.2, -0.15) is 0 Å². The first-order valence-electron chi connectivity index (χ1n) is 9.71. The molecule has 0 aliphatic heterocycles. The van der Waals surface area contributed by atoms with E-state index in [2.05, 4.69) is 15.5 Å². The number of benzene rings is 2. The number of nitro benzene ring substituents is 1. The zero-order valence-corrected chi connectivity index (χ0v) is 18.0. The third-order valence-corrected chi connectivity index (χ3v) is 5.41. The molecule has 0 aliphatic rings. The van der Waals surface area contributed by atoms with Crippen molar-refractivity contribution in [2.45, 2.75) is 24.9 Å². The number of aromatic nitrogens is 3. The molecular formula is C21H20FN5O4S. The third-order valence-electron chi connectivity index (χ3n) is 4.48. The zero-order valence-electron chi connectivity index (χ0n) is 17.2. The minimum Gasteiger partial charge on any atom is -0.356 e. The number of rotatable bonds is 10. The number of para-hydroxylation sites is 1. The highest BCUT2D eigenvalue weighted by atomic mass is 32.2. The van der Waals surface area contributed by atoms with Gasteiger partial charge >= 0.3 is 0 Å². The number of nitro groups is 1. The number of thioether (sulfide) groups is 1. The normalized spacial score (nSPS) is 10.7. The van der Waals surface area contributed by atoms with Crippen LogP contribution in [0.3, 0.4) is 0 Å². The Morgan fingerprint density at radius 1 is 1.16 bits per heavy atom. The van der Waals surface area contributed by atoms with Gasteiger partial charge in [-0.1, -0.05) is 23.9 Å². The van der Waals surface area contributed by atoms with Crippen LogP contribution in [0.15, 0.2) is 53.7 Å². The van der Waals surface area contributed by atoms with Gasteiger partial charge in [0.25, 0.3) is 5.69 Å². The summed E-state index contributed by atoms with van der Waals surface area (Å²) in [6.45, 7) is 1.87. The number of halogens is 1. The average molecular weight is 457 g/mol. The smallest absolute Gasteiger partial charge is 0.269 e. The molecule has 1 amide bonds. The second-order valence-corrected chi connectivity index (χ2v) is 7.73. The van der Waals surface area contributed by atoms with E-state index >= 15 is 0 Å². The van der Waals surface area contributed by atoms with Gasteiger partial charge in [0.1, 0.15) is 11.6 Å². The van der Waals surface area contributed by atoms with Crippen molar-refractivity contribution in [3.63, 3.8) is 0 Å². The number of aryl methyl sites for hydroxylation is 1. The van der Waals surface area contributed by atoms with Crippen molar-refractivity contribution in [2.24, 2.45) is 0 Å². The number of nitrogens with one attached hydrogen (secondary N) is 1. The van der Waals surface area contributed by atoms with Gasteiger partial charge in [0.05, 0.1) is 16.4 Å². The SMILES string of the molecule is CC(=O)NCCCc1nnc(SCC(=O)c2ccc([N+](=O)[O-])cc2)n1-c1ccccc1F. The van der Waals surface area contributed by atoms with E-state index in [0.29, 0.717) is 35.9 Å². The fraction of sp³-hybridized carbons (Fsp3) is 0.238. The fourth-order valence-electron chi connectivity index (χ4n) is 2.92. The molecule has 1 heterocycles. The first-order valence-corrected chi connectivity index (χ1v) is 10.7. The summed E-state index contributed by atoms with van der Waals surface area (Å²) in [6.07, 6.45) is 1.02. The summed E-state index contributed by atoms with van der Waals surface area (Å²) in [6, 6.07) is 11.5. The molecular weight excluding hydrogens is 437 g/mol. The Balaban J connectivity index is 1.78. The van der Waals surface area contributed by atoms with Crippen molar-refractivity contribution in [1.82, 2.24) is 20.1 Å². The van der Waals surface area contributed by atoms with Crippen molar-refractivity contribution in [2.75, 3.05) is 12.3 Å². The molecule has 3 aromatic rings. The van der Waals surface area contributed by atoms with E-state index < -0.39 is 10.7 Å². The predicted octanol–water partition coefficient (Wildman–Crippen LogP) is 3.36. The zero-order chi connectivity index (χ0) is 23.1. The van der Waals surface area contributed by atoms with Crippen LogP contribution in [0, 0.1) is 15.9 Å². The summed E-state index contributed by atoms with van der Waals surface area (Å²) < 4.78 is 16.1. The molecule has 0 saturated heterocycles. The Hall–Kier alpha value is -3.60. The van der Waals surface area contributed by atoms with Crippen LogP contribution in [0.5, 0.6) is 0 Å². The third kappa shape index (κ3) is 5.76. The molecule has 3 rings (SSSR count). The van der Waals surface area contributed by atoms with Crippen molar-refractivity contribution < 1.29 is 18.9 Å². The van der Waals surface area contributed by atoms with Crippen LogP contribution in [0.25, 0.3) is 5.69 Å². The Morgan fingerprint density at radius 2 is 1.88 bits per heavy atom. The van der Waals surface area contributed by atoms with E-state index in [9.17, 15) is 24.1 Å². The van der Waals surface area contributed by atoms with Gasteiger partial charge < -0.3 is 5.32 Å². The standard InChI is InChI=1S/C21H20FN5O4S/c1-14(28)23-12-4-7-20-24-25-21(26(20)18-6-3-2-5-17(18)22)32-13-19(29)15-8-10-16(11-9-15)27(30)31/h2-3,5-6,8-11H,4,7,12-13H2,1H3,(H,23,28). The first kappa shape index (κ1) is 23.1. The van der Waals surface area contributed by atoms with E-state index in [1.165, 1.54) is 37.3 Å². The molecule has 0 aliphatic carbocycles. The second kappa shape index (κ2) is 10.6. The molecule has 0 fully saturated rings. The second-order valence-electron chi connectivity index (χ2n) is 6.79. The monoisotopic (exact) mass is 457 g/mol. The lowest BCUT2D eigenvalue weighted by Gasteiger charge is -2.11. The number of non-ortho nitro benzene ring substituents is 1. The number of Topliss-reactive ketones (excluding diaryl/α,β-unsaturated/α-hetero) is 1. The summed E-state index contributed by atoms with van der Waals surface area (Å²) in [5.41, 5.74) is 0.491. The van der Waals surface area contributed by atoms with Crippen molar-refractivity contribution in [3.8, 4) is 5.69 Å². The van der Waals surface area contributed by atoms with Gasteiger partial charge in [0, 0.05) is 37.6 Å². The van der Waals surface area contributed by atoms with Crippen LogP contribution in [-0.2, 0) is 11.2 Å². The summed E-state index contributed by atoms with van der Waals surface area (Å²) in [5, 5.41) is 22.1. The van der Waals surface area contributed by atoms with Crippen LogP contribution in [0.1, 0.15) is 29.5 Å². The van der Waals surface area contributed by atoms with Crippen LogP contribution in [-0.4, -0.2) is 43.7 Å². The number of hydrogen-bond donors (Lipinski definition) is 1. The van der Waals surface area contributed by atoms with E-state index in [-0.39, 0.29) is 28.8 Å². The van der Waals surface area contributed by atoms with Gasteiger partial charge in [0.15, 0.2) is 10.9 Å². The first-order chi connectivity index (χ1) is 15.4. The maximum absolute atomic E-state index is 14.5. The Labute approximate surface area is 187 Å². The minimum atomic E-state index is -0.534. The lowest BCUT2D eigenvalue weighted by atomic mass is 10.1. The van der Waals surface area contributed by atoms with E-state index in [0.717, 1.165) is 11.8 Å². The van der Waals surface area contributed by atoms with E-state index in [1.807, 2.05) is 0 Å². The molecule has 2 aromatic carbocycles. The van der Waals surface area contributed by atoms with Crippen LogP contribution in [0.2, 0.25) is 0 Å². The Bertz CT molecular complexity index is 1130. The number of amides is 1. The highest BCUT2D eigenvalue weighted by molar-refractivity contribution is 7.99. The van der Waals surface area contributed by atoms with Crippen molar-refractivity contribution in [3.05, 3.63) is 75.9 Å². The minimum absolute atomic E-state index is 0.00368. The maximum atomic E-state index is 14.5. The van der Waals surface area contributed by atoms with Crippen molar-refractivity contribution >= 4 is 29.1 Å². The summed E-state index contributed by atoms with van der Waals surface area (Å²) in [4.78, 5) is 33.8. The number of nitrogens with zero attached hydrogens (tertiary/aromatic N) is 4. The number of carbonyl (C=O) groups is 2. The molecule has 0 atom stereocenters. The predicted molar refractivity (Wildman–Crippen MR) is 116 cm³/mol. The number of ketones is 1. The summed E-state index contributed by atoms with van der Waals surface area (Å²) >= 11 is 1.10. The van der Waals surface area contributed by atoms with Gasteiger partial charge in [-0.05, 0) is 30.7 Å². The van der Waals surface area contributed by atoms with Crippen LogP contribution >= 0.6 is 11.8 Å². The number of hydrogen-bond acceptors (Lipinski definition) is 7. The van der Waals surface area contributed by atoms with E-state index in [1.54, 1.807) is 22.8 Å². The topological polar surface area (TPSA) is 120 Å². The van der Waals surface area contributed by atoms with Crippen molar-refractivity contribution in [1.29, 1.82) is 0 Å². The molecule has 0 radical (unpaired) electrons. The lowest BCUT2D eigenvalue weighted by Crippen LogP contribution is -2.21. The largest absolute Gasteiger partial charge is 0.356 e. The molecule has 32 heavy (non-hydrogen) atoms. The molecule has 0 spiro atoms. The van der Waals surface area contributed by atoms with Gasteiger partial charge in [-0.3, -0.25) is 24.3 Å². The van der Waals surface area contributed by atoms with E-state index in [4.69, 9.17) is 0 Å². The lowest BCUT2D eigenvalue weighted by molar-refractivity contribution is -0.384. The van der Waals surface area contributed by atoms with Crippen LogP contribution < -0.4 is 5.32 Å². The molecule has 11 heteroatoms. The molecule has 0 bridgehead atoms.